The molecule has 150 valence electrons. The van der Waals surface area contributed by atoms with Crippen LogP contribution < -0.4 is 10.1 Å². The van der Waals surface area contributed by atoms with Crippen molar-refractivity contribution in [3.8, 4) is 5.75 Å². The number of carbonyl (C=O) groups is 2. The molecule has 0 saturated heterocycles. The molecule has 2 aromatic carbocycles. The summed E-state index contributed by atoms with van der Waals surface area (Å²) in [6.45, 7) is 1.53. The van der Waals surface area contributed by atoms with Crippen LogP contribution in [0.2, 0.25) is 5.02 Å². The van der Waals surface area contributed by atoms with E-state index < -0.39 is 30.1 Å². The minimum atomic E-state index is -3.87. The van der Waals surface area contributed by atoms with E-state index in [0.717, 1.165) is 0 Å². The molecular weight excluding hydrogens is 392 g/mol. The van der Waals surface area contributed by atoms with E-state index in [-0.39, 0.29) is 12.2 Å². The number of hydrogen-bond acceptors (Lipinski definition) is 5. The molecule has 0 amide bonds. The molecule has 1 N–H and O–H groups in total. The maximum Gasteiger partial charge on any atom is 0.329 e. The monoisotopic (exact) mass is 411 g/mol. The van der Waals surface area contributed by atoms with Crippen LogP contribution in [0, 0.1) is 0 Å². The number of benzene rings is 2. The number of Topliss-reactive ketones (excluding diaryl/α,β-unsaturated/α-hetero) is 1. The Morgan fingerprint density at radius 1 is 1.11 bits per heavy atom. The molecule has 0 aliphatic rings. The second-order valence-corrected chi connectivity index (χ2v) is 6.32. The predicted molar refractivity (Wildman–Crippen MR) is 102 cm³/mol. The zero-order valence-corrected chi connectivity index (χ0v) is 16.1. The van der Waals surface area contributed by atoms with Crippen molar-refractivity contribution in [3.05, 3.63) is 59.1 Å². The first-order valence-corrected chi connectivity index (χ1v) is 8.88. The van der Waals surface area contributed by atoms with Gasteiger partial charge in [-0.2, -0.15) is 8.78 Å². The average molecular weight is 412 g/mol. The Labute approximate surface area is 166 Å². The van der Waals surface area contributed by atoms with Crippen LogP contribution in [0.4, 0.5) is 14.5 Å². The number of carbonyl (C=O) groups excluding carboxylic acids is 2. The normalized spacial score (nSPS) is 12.2. The number of ether oxygens (including phenoxy) is 2. The van der Waals surface area contributed by atoms with Gasteiger partial charge >= 0.3 is 11.9 Å². The van der Waals surface area contributed by atoms with Gasteiger partial charge in [0.1, 0.15) is 18.2 Å². The van der Waals surface area contributed by atoms with Crippen molar-refractivity contribution in [1.29, 1.82) is 0 Å². The van der Waals surface area contributed by atoms with Gasteiger partial charge in [-0.05, 0) is 48.9 Å². The molecule has 0 aromatic heterocycles. The molecule has 0 saturated carbocycles. The number of anilines is 1. The van der Waals surface area contributed by atoms with Crippen LogP contribution in [-0.2, 0) is 14.3 Å². The van der Waals surface area contributed by atoms with Gasteiger partial charge in [0.15, 0.2) is 0 Å². The van der Waals surface area contributed by atoms with E-state index >= 15 is 8.78 Å². The summed E-state index contributed by atoms with van der Waals surface area (Å²) in [5.74, 6) is -5.85. The molecule has 1 unspecified atom stereocenters. The zero-order valence-electron chi connectivity index (χ0n) is 15.4. The first kappa shape index (κ1) is 21.6. The second kappa shape index (κ2) is 9.50. The van der Waals surface area contributed by atoms with E-state index in [2.05, 4.69) is 10.1 Å². The molecule has 0 spiro atoms. The van der Waals surface area contributed by atoms with E-state index in [1.165, 1.54) is 38.3 Å². The number of ketones is 1. The van der Waals surface area contributed by atoms with Crippen LogP contribution in [0.1, 0.15) is 24.9 Å². The molecule has 8 heteroatoms. The molecule has 0 heterocycles. The van der Waals surface area contributed by atoms with Crippen molar-refractivity contribution in [2.75, 3.05) is 19.0 Å². The Morgan fingerprint density at radius 2 is 1.71 bits per heavy atom. The molecule has 2 aromatic rings. The fraction of sp³-hybridized carbons (Fsp3) is 0.300. The van der Waals surface area contributed by atoms with Gasteiger partial charge in [-0.15, -0.1) is 0 Å². The Morgan fingerprint density at radius 3 is 2.25 bits per heavy atom. The summed E-state index contributed by atoms with van der Waals surface area (Å²) in [5, 5.41) is 3.04. The highest BCUT2D eigenvalue weighted by atomic mass is 35.5. The van der Waals surface area contributed by atoms with E-state index in [1.54, 1.807) is 24.3 Å². The SMILES string of the molecule is CCOC(=O)CC(=O)C(F)(F)C(Nc1ccc(OC)cc1)c1ccc(Cl)cc1. The summed E-state index contributed by atoms with van der Waals surface area (Å²) in [4.78, 5) is 23.7. The van der Waals surface area contributed by atoms with Gasteiger partial charge in [0.2, 0.25) is 5.78 Å². The Bertz CT molecular complexity index is 810. The van der Waals surface area contributed by atoms with Gasteiger partial charge in [0, 0.05) is 10.7 Å². The summed E-state index contributed by atoms with van der Waals surface area (Å²) in [6.07, 6.45) is -1.02. The highest BCUT2D eigenvalue weighted by Gasteiger charge is 2.48. The van der Waals surface area contributed by atoms with Crippen molar-refractivity contribution in [2.45, 2.75) is 25.3 Å². The van der Waals surface area contributed by atoms with Crippen LogP contribution in [0.15, 0.2) is 48.5 Å². The van der Waals surface area contributed by atoms with Crippen LogP contribution >= 0.6 is 11.6 Å². The molecule has 0 fully saturated rings. The highest BCUT2D eigenvalue weighted by Crippen LogP contribution is 2.37. The Hall–Kier alpha value is -2.67. The fourth-order valence-corrected chi connectivity index (χ4v) is 2.64. The Kier molecular flexibility index (Phi) is 7.34. The third-order valence-electron chi connectivity index (χ3n) is 3.95. The number of halogens is 3. The van der Waals surface area contributed by atoms with Crippen LogP contribution in [0.5, 0.6) is 5.75 Å². The Balaban J connectivity index is 2.34. The van der Waals surface area contributed by atoms with Crippen molar-refractivity contribution in [2.24, 2.45) is 0 Å². The molecule has 2 rings (SSSR count). The van der Waals surface area contributed by atoms with Gasteiger partial charge in [-0.3, -0.25) is 9.59 Å². The maximum absolute atomic E-state index is 15.0. The molecule has 0 aliphatic carbocycles. The van der Waals surface area contributed by atoms with Crippen LogP contribution in [0.25, 0.3) is 0 Å². The van der Waals surface area contributed by atoms with Crippen molar-refractivity contribution in [1.82, 2.24) is 0 Å². The van der Waals surface area contributed by atoms with Gasteiger partial charge in [0.25, 0.3) is 0 Å². The van der Waals surface area contributed by atoms with Crippen molar-refractivity contribution >= 4 is 29.0 Å². The molecule has 5 nitrogen and oxygen atoms in total. The maximum atomic E-state index is 15.0. The lowest BCUT2D eigenvalue weighted by Gasteiger charge is -2.28. The second-order valence-electron chi connectivity index (χ2n) is 5.89. The summed E-state index contributed by atoms with van der Waals surface area (Å²) < 4.78 is 39.7. The lowest BCUT2D eigenvalue weighted by atomic mass is 9.95. The van der Waals surface area contributed by atoms with E-state index in [0.29, 0.717) is 16.5 Å². The quantitative estimate of drug-likeness (QED) is 0.480. The molecule has 1 atom stereocenters. The topological polar surface area (TPSA) is 64.6 Å². The third kappa shape index (κ3) is 5.42. The molecule has 0 radical (unpaired) electrons. The summed E-state index contributed by atoms with van der Waals surface area (Å²) >= 11 is 5.84. The molecule has 0 aliphatic heterocycles. The first-order valence-electron chi connectivity index (χ1n) is 8.50. The lowest BCUT2D eigenvalue weighted by Crippen LogP contribution is -2.41. The highest BCUT2D eigenvalue weighted by molar-refractivity contribution is 6.30. The largest absolute Gasteiger partial charge is 0.497 e. The predicted octanol–water partition coefficient (Wildman–Crippen LogP) is 4.66. The number of alkyl halides is 2. The van der Waals surface area contributed by atoms with Crippen LogP contribution in [-0.4, -0.2) is 31.4 Å². The minimum absolute atomic E-state index is 0.00238. The van der Waals surface area contributed by atoms with Gasteiger partial charge < -0.3 is 14.8 Å². The zero-order chi connectivity index (χ0) is 20.7. The number of nitrogens with one attached hydrogen (secondary N) is 1. The number of esters is 1. The average Bonchev–Trinajstić information content (AvgIpc) is 2.67. The third-order valence-corrected chi connectivity index (χ3v) is 4.20. The number of rotatable bonds is 9. The summed E-state index contributed by atoms with van der Waals surface area (Å²) in [5.41, 5.74) is 0.492. The lowest BCUT2D eigenvalue weighted by molar-refractivity contribution is -0.155. The van der Waals surface area contributed by atoms with Crippen LogP contribution in [0.3, 0.4) is 0 Å². The minimum Gasteiger partial charge on any atom is -0.497 e. The first-order chi connectivity index (χ1) is 13.3. The van der Waals surface area contributed by atoms with E-state index in [9.17, 15) is 9.59 Å². The summed E-state index contributed by atoms with van der Waals surface area (Å²) in [6, 6.07) is 10.3. The van der Waals surface area contributed by atoms with E-state index in [1.807, 2.05) is 0 Å². The molecule has 28 heavy (non-hydrogen) atoms. The van der Waals surface area contributed by atoms with Crippen molar-refractivity contribution in [3.63, 3.8) is 0 Å². The van der Waals surface area contributed by atoms with Gasteiger partial charge in [0.05, 0.1) is 13.7 Å². The number of hydrogen-bond donors (Lipinski definition) is 1. The van der Waals surface area contributed by atoms with E-state index in [4.69, 9.17) is 16.3 Å². The standard InChI is InChI=1S/C20H20ClF2NO4/c1-3-28-18(26)12-17(25)20(22,23)19(13-4-6-14(21)7-5-13)24-15-8-10-16(27-2)11-9-15/h4-11,19,24H,3,12H2,1-2H3. The fourth-order valence-electron chi connectivity index (χ4n) is 2.51. The van der Waals surface area contributed by atoms with Gasteiger partial charge in [-0.1, -0.05) is 23.7 Å². The smallest absolute Gasteiger partial charge is 0.329 e. The van der Waals surface area contributed by atoms with Crippen molar-refractivity contribution < 1.29 is 27.8 Å². The molecule has 0 bridgehead atoms. The number of methoxy groups -OCH3 is 1. The summed E-state index contributed by atoms with van der Waals surface area (Å²) in [7, 11) is 1.49. The van der Waals surface area contributed by atoms with Gasteiger partial charge in [-0.25, -0.2) is 0 Å². The molecular formula is C20H20ClF2NO4.